The van der Waals surface area contributed by atoms with Crippen LogP contribution in [0.3, 0.4) is 0 Å². The number of rotatable bonds is 5. The van der Waals surface area contributed by atoms with E-state index in [1.165, 1.54) is 24.3 Å². The highest BCUT2D eigenvalue weighted by Crippen LogP contribution is 2.30. The zero-order valence-electron chi connectivity index (χ0n) is 15.5. The second-order valence-corrected chi connectivity index (χ2v) is 6.42. The zero-order chi connectivity index (χ0) is 20.4. The number of anilines is 1. The molecule has 4 rings (SSSR count). The lowest BCUT2D eigenvalue weighted by atomic mass is 10.1. The number of alkyl halides is 2. The molecule has 7 heteroatoms. The molecular weight excluding hydrogens is 376 g/mol. The van der Waals surface area contributed by atoms with E-state index in [9.17, 15) is 13.6 Å². The van der Waals surface area contributed by atoms with Crippen LogP contribution < -0.4 is 10.1 Å². The Kier molecular flexibility index (Phi) is 4.95. The topological polar surface area (TPSA) is 55.6 Å². The first kappa shape index (κ1) is 18.6. The number of nitrogens with zero attached hydrogens (tertiary/aromatic N) is 2. The van der Waals surface area contributed by atoms with Crippen molar-refractivity contribution < 1.29 is 18.3 Å². The maximum absolute atomic E-state index is 12.9. The summed E-state index contributed by atoms with van der Waals surface area (Å²) in [5.74, 6) is -0.0322. The molecule has 4 aromatic rings. The first-order chi connectivity index (χ1) is 14.0. The van der Waals surface area contributed by atoms with E-state index in [1.807, 2.05) is 55.6 Å². The fourth-order valence-corrected chi connectivity index (χ4v) is 3.11. The Morgan fingerprint density at radius 3 is 2.62 bits per heavy atom. The second-order valence-electron chi connectivity index (χ2n) is 6.42. The Balaban J connectivity index is 1.76. The second kappa shape index (κ2) is 7.71. The van der Waals surface area contributed by atoms with Crippen LogP contribution in [-0.4, -0.2) is 21.9 Å². The Labute approximate surface area is 165 Å². The van der Waals surface area contributed by atoms with Crippen molar-refractivity contribution in [2.75, 3.05) is 5.32 Å². The number of carbonyl (C=O) groups excluding carboxylic acids is 1. The summed E-state index contributed by atoms with van der Waals surface area (Å²) < 4.78 is 31.1. The highest BCUT2D eigenvalue weighted by molar-refractivity contribution is 6.06. The van der Waals surface area contributed by atoms with E-state index in [-0.39, 0.29) is 11.3 Å². The average Bonchev–Trinajstić information content (AvgIpc) is 3.08. The molecule has 0 atom stereocenters. The summed E-state index contributed by atoms with van der Waals surface area (Å²) in [6, 6.07) is 19.0. The Hall–Kier alpha value is -3.74. The van der Waals surface area contributed by atoms with Gasteiger partial charge in [0, 0.05) is 17.3 Å². The monoisotopic (exact) mass is 393 g/mol. The van der Waals surface area contributed by atoms with Gasteiger partial charge in [-0.1, -0.05) is 42.5 Å². The number of aryl methyl sites for hydroxylation is 1. The van der Waals surface area contributed by atoms with Gasteiger partial charge in [0.1, 0.15) is 22.9 Å². The van der Waals surface area contributed by atoms with Gasteiger partial charge in [-0.3, -0.25) is 9.20 Å². The molecule has 0 aliphatic heterocycles. The zero-order valence-corrected chi connectivity index (χ0v) is 15.5. The van der Waals surface area contributed by atoms with E-state index >= 15 is 0 Å². The Morgan fingerprint density at radius 1 is 1.07 bits per heavy atom. The van der Waals surface area contributed by atoms with Crippen LogP contribution in [-0.2, 0) is 0 Å². The first-order valence-corrected chi connectivity index (χ1v) is 8.92. The fraction of sp³-hybridized carbons (Fsp3) is 0.0909. The third kappa shape index (κ3) is 3.80. The SMILES string of the molecule is Cc1cccn2c(NC(=O)c3cccc(OC(F)F)c3)c(-c3ccccc3)nc12. The van der Waals surface area contributed by atoms with Gasteiger partial charge in [-0.25, -0.2) is 4.98 Å². The number of ether oxygens (including phenoxy) is 1. The number of aromatic nitrogens is 2. The van der Waals surface area contributed by atoms with Gasteiger partial charge in [0.25, 0.3) is 5.91 Å². The van der Waals surface area contributed by atoms with Crippen molar-refractivity contribution in [3.05, 3.63) is 84.1 Å². The van der Waals surface area contributed by atoms with E-state index in [0.717, 1.165) is 16.8 Å². The quantitative estimate of drug-likeness (QED) is 0.509. The van der Waals surface area contributed by atoms with Crippen molar-refractivity contribution >= 4 is 17.4 Å². The van der Waals surface area contributed by atoms with Gasteiger partial charge in [0.15, 0.2) is 0 Å². The molecule has 0 radical (unpaired) electrons. The predicted molar refractivity (Wildman–Crippen MR) is 106 cm³/mol. The van der Waals surface area contributed by atoms with E-state index in [2.05, 4.69) is 10.1 Å². The van der Waals surface area contributed by atoms with E-state index in [0.29, 0.717) is 11.5 Å². The lowest BCUT2D eigenvalue weighted by Crippen LogP contribution is -2.14. The number of carbonyl (C=O) groups is 1. The van der Waals surface area contributed by atoms with Crippen molar-refractivity contribution in [1.29, 1.82) is 0 Å². The molecule has 5 nitrogen and oxygen atoms in total. The highest BCUT2D eigenvalue weighted by Gasteiger charge is 2.18. The molecule has 2 aromatic heterocycles. The summed E-state index contributed by atoms with van der Waals surface area (Å²) in [5, 5.41) is 2.87. The predicted octanol–water partition coefficient (Wildman–Crippen LogP) is 5.16. The van der Waals surface area contributed by atoms with E-state index < -0.39 is 12.5 Å². The van der Waals surface area contributed by atoms with Crippen LogP contribution in [0.2, 0.25) is 0 Å². The normalized spacial score (nSPS) is 11.0. The number of fused-ring (bicyclic) bond motifs is 1. The van der Waals surface area contributed by atoms with Crippen LogP contribution in [0.5, 0.6) is 5.75 Å². The Morgan fingerprint density at radius 2 is 1.86 bits per heavy atom. The fourth-order valence-electron chi connectivity index (χ4n) is 3.11. The number of benzene rings is 2. The molecule has 0 saturated heterocycles. The van der Waals surface area contributed by atoms with Crippen LogP contribution in [0.25, 0.3) is 16.9 Å². The molecule has 0 fully saturated rings. The van der Waals surface area contributed by atoms with Crippen LogP contribution in [0, 0.1) is 6.92 Å². The van der Waals surface area contributed by atoms with Gasteiger partial charge in [-0.05, 0) is 36.8 Å². The minimum absolute atomic E-state index is 0.0788. The smallest absolute Gasteiger partial charge is 0.387 e. The minimum Gasteiger partial charge on any atom is -0.435 e. The largest absolute Gasteiger partial charge is 0.435 e. The maximum Gasteiger partial charge on any atom is 0.387 e. The minimum atomic E-state index is -2.96. The average molecular weight is 393 g/mol. The molecule has 2 aromatic carbocycles. The number of hydrogen-bond acceptors (Lipinski definition) is 3. The summed E-state index contributed by atoms with van der Waals surface area (Å²) in [4.78, 5) is 17.6. The molecule has 0 aliphatic rings. The number of amides is 1. The van der Waals surface area contributed by atoms with Crippen molar-refractivity contribution in [3.8, 4) is 17.0 Å². The van der Waals surface area contributed by atoms with Gasteiger partial charge in [-0.2, -0.15) is 8.78 Å². The standard InChI is InChI=1S/C22H17F2N3O2/c1-14-7-6-12-27-19(14)25-18(15-8-3-2-4-9-15)20(27)26-21(28)16-10-5-11-17(13-16)29-22(23)24/h2-13,22H,1H3,(H,26,28). The number of pyridine rings is 1. The van der Waals surface area contributed by atoms with E-state index in [4.69, 9.17) is 4.98 Å². The summed E-state index contributed by atoms with van der Waals surface area (Å²) >= 11 is 0. The molecule has 0 spiro atoms. The highest BCUT2D eigenvalue weighted by atomic mass is 19.3. The molecule has 1 N–H and O–H groups in total. The van der Waals surface area contributed by atoms with Gasteiger partial charge in [0.2, 0.25) is 0 Å². The molecule has 29 heavy (non-hydrogen) atoms. The lowest BCUT2D eigenvalue weighted by molar-refractivity contribution is -0.0498. The van der Waals surface area contributed by atoms with Crippen LogP contribution in [0.4, 0.5) is 14.6 Å². The summed E-state index contributed by atoms with van der Waals surface area (Å²) in [5.41, 5.74) is 3.34. The van der Waals surface area contributed by atoms with Crippen molar-refractivity contribution in [2.24, 2.45) is 0 Å². The summed E-state index contributed by atoms with van der Waals surface area (Å²) in [6.45, 7) is -1.02. The number of nitrogens with one attached hydrogen (secondary N) is 1. The summed E-state index contributed by atoms with van der Waals surface area (Å²) in [6.07, 6.45) is 1.81. The third-order valence-electron chi connectivity index (χ3n) is 4.45. The van der Waals surface area contributed by atoms with Gasteiger partial charge < -0.3 is 10.1 Å². The molecule has 0 saturated carbocycles. The van der Waals surface area contributed by atoms with Crippen molar-refractivity contribution in [1.82, 2.24) is 9.38 Å². The van der Waals surface area contributed by atoms with Gasteiger partial charge >= 0.3 is 6.61 Å². The molecule has 1 amide bonds. The number of imidazole rings is 1. The summed E-state index contributed by atoms with van der Waals surface area (Å²) in [7, 11) is 0. The number of halogens is 2. The molecular formula is C22H17F2N3O2. The van der Waals surface area contributed by atoms with Crippen LogP contribution in [0.15, 0.2) is 72.9 Å². The lowest BCUT2D eigenvalue weighted by Gasteiger charge is -2.10. The van der Waals surface area contributed by atoms with Gasteiger partial charge in [0.05, 0.1) is 0 Å². The van der Waals surface area contributed by atoms with E-state index in [1.54, 1.807) is 4.40 Å². The Bertz CT molecular complexity index is 1170. The van der Waals surface area contributed by atoms with Gasteiger partial charge in [-0.15, -0.1) is 0 Å². The molecule has 0 aliphatic carbocycles. The number of hydrogen-bond donors (Lipinski definition) is 1. The van der Waals surface area contributed by atoms with Crippen LogP contribution >= 0.6 is 0 Å². The molecule has 0 bridgehead atoms. The molecule has 0 unspecified atom stereocenters. The van der Waals surface area contributed by atoms with Crippen molar-refractivity contribution in [3.63, 3.8) is 0 Å². The maximum atomic E-state index is 12.9. The van der Waals surface area contributed by atoms with Crippen LogP contribution in [0.1, 0.15) is 15.9 Å². The third-order valence-corrected chi connectivity index (χ3v) is 4.45. The first-order valence-electron chi connectivity index (χ1n) is 8.92. The molecule has 146 valence electrons. The van der Waals surface area contributed by atoms with Crippen molar-refractivity contribution in [2.45, 2.75) is 13.5 Å². The molecule has 2 heterocycles.